The Morgan fingerprint density at radius 3 is 0.703 bits per heavy atom. The lowest BCUT2D eigenvalue weighted by molar-refractivity contribution is -0.334. The molecular formula is C55H87N5O41. The van der Waals surface area contributed by atoms with Crippen LogP contribution >= 0.6 is 0 Å². The van der Waals surface area contributed by atoms with Crippen molar-refractivity contribution in [3.8, 4) is 0 Å². The molecule has 5 aliphatic heterocycles. The number of carboxylic acid groups (broad SMARTS) is 5. The van der Waals surface area contributed by atoms with Crippen molar-refractivity contribution in [3.63, 3.8) is 0 Å². The number of hydrogen-bond acceptors (Lipinski definition) is 36. The van der Waals surface area contributed by atoms with E-state index in [-0.39, 0.29) is 0 Å². The van der Waals surface area contributed by atoms with E-state index in [9.17, 15) is 160 Å². The number of aliphatic hydroxyl groups is 17. The minimum absolute atomic E-state index is 0.838. The predicted octanol–water partition coefficient (Wildman–Crippen LogP) is -15.2. The lowest BCUT2D eigenvalue weighted by Gasteiger charge is -2.48. The standard InChI is InChI=1S/C55H87N5O41/c1-16(62)56-31-21(67)6-51(92,46(82)83)97-41(31)37(78)27(73)12-93-53(48(86)87)8-23(69)33(58-18(3)64)43(99-53)39(80)29(75)14-95-55(50(90)91)10-25(71)35(60-20(5)66)45(101-55)40(81)30(76)15-96-54(49(88)89)9-24(70)34(59-19(4)65)44(100-54)38(79)28(74)13-94-52(47(84)85)7-22(68)32(57-17(2)63)42(98-52)36(77)26(72)11-61/h21-45,61,67-81,92H,6-15H2,1-5H3,(H,56,62)(H,57,63)(H,58,64)(H,59,65)(H,60,66)(H,82,83)(H,84,85)(H,86,87)(H,88,89)(H,90,91)/t21-,22-,23-,24-,25-,26+,27+,28+,29+,30+,31+,32+,33+,34+,35+,36+,37+,38+,39+,40+,41+,42+,43+,44+,45+,51-,52+,53+,54+,55+/m0/s1. The average Bonchev–Trinajstić information content (AvgIpc) is 0.784. The molecule has 0 radical (unpaired) electrons. The summed E-state index contributed by atoms with van der Waals surface area (Å²) in [6.07, 6.45) is -53.7. The Hall–Kier alpha value is -6.34. The third-order valence-corrected chi connectivity index (χ3v) is 17.2. The highest BCUT2D eigenvalue weighted by molar-refractivity contribution is 5.79. The van der Waals surface area contributed by atoms with Gasteiger partial charge in [0.05, 0.1) is 93.8 Å². The van der Waals surface area contributed by atoms with Crippen molar-refractivity contribution in [2.45, 2.75) is 248 Å². The molecule has 0 aromatic heterocycles. The summed E-state index contributed by atoms with van der Waals surface area (Å²) < 4.78 is 49.0. The van der Waals surface area contributed by atoms with E-state index in [0.717, 1.165) is 34.6 Å². The van der Waals surface area contributed by atoms with Gasteiger partial charge in [-0.2, -0.15) is 0 Å². The molecule has 5 rings (SSSR count). The topological polar surface area (TPSA) is 759 Å². The van der Waals surface area contributed by atoms with Crippen molar-refractivity contribution in [3.05, 3.63) is 0 Å². The lowest BCUT2D eigenvalue weighted by atomic mass is 9.87. The van der Waals surface area contributed by atoms with Crippen LogP contribution in [-0.2, 0) is 90.6 Å². The zero-order valence-electron chi connectivity index (χ0n) is 54.1. The van der Waals surface area contributed by atoms with E-state index < -0.39 is 306 Å². The summed E-state index contributed by atoms with van der Waals surface area (Å²) in [4.78, 5) is 125. The maximum absolute atomic E-state index is 13.2. The molecule has 0 saturated carbocycles. The van der Waals surface area contributed by atoms with Crippen LogP contribution < -0.4 is 26.6 Å². The molecule has 0 spiro atoms. The van der Waals surface area contributed by atoms with Gasteiger partial charge in [0.15, 0.2) is 0 Å². The second-order valence-corrected chi connectivity index (χ2v) is 24.9. The number of aliphatic hydroxyl groups excluding tert-OH is 16. The number of aliphatic carboxylic acids is 5. The van der Waals surface area contributed by atoms with E-state index >= 15 is 0 Å². The number of nitrogens with one attached hydrogen (secondary N) is 5. The lowest BCUT2D eigenvalue weighted by Crippen LogP contribution is -2.70. The fourth-order valence-electron chi connectivity index (χ4n) is 12.1. The van der Waals surface area contributed by atoms with Crippen LogP contribution in [0.2, 0.25) is 0 Å². The number of rotatable bonds is 33. The summed E-state index contributed by atoms with van der Waals surface area (Å²) in [5.74, 6) is -32.2. The molecule has 5 aliphatic rings. The Morgan fingerprint density at radius 2 is 0.525 bits per heavy atom. The molecule has 0 unspecified atom stereocenters. The van der Waals surface area contributed by atoms with E-state index in [1.807, 2.05) is 0 Å². The van der Waals surface area contributed by atoms with Gasteiger partial charge in [0.25, 0.3) is 28.9 Å². The maximum Gasteiger partial charge on any atom is 0.364 e. The maximum atomic E-state index is 13.2. The van der Waals surface area contributed by atoms with Crippen LogP contribution in [0.25, 0.3) is 0 Å². The largest absolute Gasteiger partial charge is 0.477 e. The number of carboxylic acids is 5. The molecule has 0 aromatic carbocycles. The summed E-state index contributed by atoms with van der Waals surface area (Å²) in [7, 11) is 0. The van der Waals surface area contributed by atoms with Gasteiger partial charge in [0.1, 0.15) is 91.6 Å². The number of carbonyl (C=O) groups is 10. The van der Waals surface area contributed by atoms with Gasteiger partial charge < -0.3 is 182 Å². The van der Waals surface area contributed by atoms with Gasteiger partial charge in [-0.25, -0.2) is 24.0 Å². The van der Waals surface area contributed by atoms with Crippen molar-refractivity contribution in [1.82, 2.24) is 26.6 Å². The quantitative estimate of drug-likeness (QED) is 0.0290. The van der Waals surface area contributed by atoms with Crippen LogP contribution in [0.5, 0.6) is 0 Å². The third-order valence-electron chi connectivity index (χ3n) is 17.2. The first-order chi connectivity index (χ1) is 46.7. The van der Waals surface area contributed by atoms with Crippen molar-refractivity contribution >= 4 is 59.4 Å². The number of amides is 5. The molecule has 27 N–H and O–H groups in total. The van der Waals surface area contributed by atoms with Crippen LogP contribution in [-0.4, -0.2) is 386 Å². The van der Waals surface area contributed by atoms with Gasteiger partial charge in [-0.3, -0.25) is 24.0 Å². The molecule has 30 atom stereocenters. The van der Waals surface area contributed by atoms with Crippen molar-refractivity contribution in [1.29, 1.82) is 0 Å². The second-order valence-electron chi connectivity index (χ2n) is 24.9. The highest BCUT2D eigenvalue weighted by Gasteiger charge is 2.63. The van der Waals surface area contributed by atoms with Gasteiger partial charge in [-0.05, 0) is 0 Å². The Labute approximate surface area is 568 Å². The number of carbonyl (C=O) groups excluding carboxylic acids is 5. The first-order valence-electron chi connectivity index (χ1n) is 30.7. The minimum atomic E-state index is -3.41. The summed E-state index contributed by atoms with van der Waals surface area (Å²) in [5.41, 5.74) is 0. The van der Waals surface area contributed by atoms with Gasteiger partial charge in [-0.1, -0.05) is 0 Å². The SMILES string of the molecule is CC(=O)N[C@H]1[C@H]([C@H](O)[C@H](O)CO)O[C@@](OC[C@@H](O)[C@@H](O)[C@@H]2O[C@@](OC[C@@H](O)[C@@H](O)[C@@H]3O[C@@](OC[C@@H](O)[C@@H](O)[C@@H]4O[C@@](OC[C@@H](O)[C@@H](O)[C@@H]5O[C@](O)(C(=O)O)C[C@H](O)[C@H]5NC(C)=O)(C(=O)O)C[C@H](O)[C@H]4NC(C)=O)(C(=O)O)C[C@H](O)[C@H]3NC(C)=O)(C(=O)O)C[C@H](O)[C@H]2NC(C)=O)(C(=O)O)C[C@@H]1O. The smallest absolute Gasteiger partial charge is 0.364 e. The molecular weight excluding hydrogens is 1390 g/mol. The molecule has 0 aromatic rings. The normalized spacial score (nSPS) is 37.5. The zero-order valence-corrected chi connectivity index (χ0v) is 54.1. The summed E-state index contributed by atoms with van der Waals surface area (Å²) >= 11 is 0. The summed E-state index contributed by atoms with van der Waals surface area (Å²) in [6.45, 7) is -2.76. The highest BCUT2D eigenvalue weighted by Crippen LogP contribution is 2.40. The van der Waals surface area contributed by atoms with Crippen molar-refractivity contribution in [2.75, 3.05) is 33.0 Å². The van der Waals surface area contributed by atoms with Gasteiger partial charge in [0.2, 0.25) is 29.5 Å². The van der Waals surface area contributed by atoms with Gasteiger partial charge >= 0.3 is 29.8 Å². The number of hydrogen-bond donors (Lipinski definition) is 27. The van der Waals surface area contributed by atoms with E-state index in [2.05, 4.69) is 26.6 Å². The summed E-state index contributed by atoms with van der Waals surface area (Å²) in [6, 6.07) is -9.39. The Bertz CT molecular complexity index is 2940. The molecule has 5 amide bonds. The molecule has 0 aliphatic carbocycles. The van der Waals surface area contributed by atoms with E-state index in [1.165, 1.54) is 0 Å². The van der Waals surface area contributed by atoms with Crippen LogP contribution in [0.4, 0.5) is 0 Å². The highest BCUT2D eigenvalue weighted by atomic mass is 16.8. The molecule has 578 valence electrons. The van der Waals surface area contributed by atoms with E-state index in [0.29, 0.717) is 0 Å². The van der Waals surface area contributed by atoms with Crippen LogP contribution in [0.15, 0.2) is 0 Å². The molecule has 46 heteroatoms. The molecule has 101 heavy (non-hydrogen) atoms. The second kappa shape index (κ2) is 34.5. The Balaban J connectivity index is 1.38. The zero-order chi connectivity index (χ0) is 76.7. The summed E-state index contributed by atoms with van der Waals surface area (Å²) in [5, 5.41) is 251. The van der Waals surface area contributed by atoms with Gasteiger partial charge in [0, 0.05) is 66.7 Å². The Kier molecular flexibility index (Phi) is 29.1. The number of ether oxygens (including phenoxy) is 9. The average molecular weight is 1470 g/mol. The van der Waals surface area contributed by atoms with Crippen LogP contribution in [0, 0.1) is 0 Å². The van der Waals surface area contributed by atoms with E-state index in [1.54, 1.807) is 0 Å². The van der Waals surface area contributed by atoms with Crippen LogP contribution in [0.3, 0.4) is 0 Å². The molecule has 0 bridgehead atoms. The monoisotopic (exact) mass is 1470 g/mol. The Morgan fingerprint density at radius 1 is 0.337 bits per heavy atom. The molecule has 5 heterocycles. The van der Waals surface area contributed by atoms with Crippen molar-refractivity contribution in [2.24, 2.45) is 0 Å². The molecule has 5 fully saturated rings. The fraction of sp³-hybridized carbons (Fsp3) is 0.818. The fourth-order valence-corrected chi connectivity index (χ4v) is 12.1. The van der Waals surface area contributed by atoms with E-state index in [4.69, 9.17) is 42.6 Å². The first-order valence-corrected chi connectivity index (χ1v) is 30.7. The third kappa shape index (κ3) is 19.7. The van der Waals surface area contributed by atoms with Gasteiger partial charge in [-0.15, -0.1) is 0 Å². The van der Waals surface area contributed by atoms with Crippen LogP contribution in [0.1, 0.15) is 66.7 Å². The first kappa shape index (κ1) is 85.3. The van der Waals surface area contributed by atoms with Crippen molar-refractivity contribution < 1.29 is 203 Å². The molecule has 46 nitrogen and oxygen atoms in total. The predicted molar refractivity (Wildman–Crippen MR) is 311 cm³/mol. The minimum Gasteiger partial charge on any atom is -0.477 e. The molecule has 5 saturated heterocycles.